The maximum atomic E-state index is 6.20. The summed E-state index contributed by atoms with van der Waals surface area (Å²) >= 11 is 7.83. The van der Waals surface area contributed by atoms with Crippen LogP contribution in [0.15, 0.2) is 39.5 Å². The highest BCUT2D eigenvalue weighted by molar-refractivity contribution is 8.03. The Hall–Kier alpha value is -1.00. The summed E-state index contributed by atoms with van der Waals surface area (Å²) in [5, 5.41) is 1.76. The molecule has 1 aliphatic heterocycles. The van der Waals surface area contributed by atoms with Gasteiger partial charge in [0.2, 0.25) is 0 Å². The highest BCUT2D eigenvalue weighted by Crippen LogP contribution is 2.35. The largest absolute Gasteiger partial charge is 0.355 e. The Morgan fingerprint density at radius 1 is 1.10 bits per heavy atom. The Morgan fingerprint density at radius 2 is 1.95 bits per heavy atom. The van der Waals surface area contributed by atoms with Crippen molar-refractivity contribution >= 4 is 29.2 Å². The molecule has 0 unspecified atom stereocenters. The van der Waals surface area contributed by atoms with Crippen LogP contribution in [0.4, 0.5) is 5.82 Å². The fraction of sp³-hybridized carbons (Fsp3) is 0.467. The molecular weight excluding hydrogens is 290 g/mol. The first-order valence-electron chi connectivity index (χ1n) is 7.13. The standard InChI is InChI=1S/C15H18ClN3S/c16-12-6-2-3-7-13(12)20-15-11-17-14(10-18-15)19-8-4-1-5-9-19/h2,6,10-11H,1,3-5,7-9H2. The van der Waals surface area contributed by atoms with Gasteiger partial charge in [0.05, 0.1) is 17.4 Å². The molecule has 0 amide bonds. The Morgan fingerprint density at radius 3 is 2.65 bits per heavy atom. The van der Waals surface area contributed by atoms with E-state index in [1.807, 2.05) is 18.5 Å². The van der Waals surface area contributed by atoms with Crippen LogP contribution in [0.3, 0.4) is 0 Å². The molecule has 1 saturated heterocycles. The van der Waals surface area contributed by atoms with Gasteiger partial charge in [-0.1, -0.05) is 29.4 Å². The van der Waals surface area contributed by atoms with E-state index < -0.39 is 0 Å². The zero-order valence-electron chi connectivity index (χ0n) is 11.4. The van der Waals surface area contributed by atoms with Gasteiger partial charge in [-0.05, 0) is 38.2 Å². The first-order chi connectivity index (χ1) is 9.83. The van der Waals surface area contributed by atoms with Crippen LogP contribution >= 0.6 is 23.4 Å². The van der Waals surface area contributed by atoms with E-state index in [0.717, 1.165) is 41.8 Å². The Labute approximate surface area is 129 Å². The number of aromatic nitrogens is 2. The Balaban J connectivity index is 1.68. The van der Waals surface area contributed by atoms with Crippen LogP contribution in [0.2, 0.25) is 0 Å². The second kappa shape index (κ2) is 6.64. The van der Waals surface area contributed by atoms with Gasteiger partial charge in [-0.3, -0.25) is 0 Å². The van der Waals surface area contributed by atoms with Crippen LogP contribution in [0.5, 0.6) is 0 Å². The summed E-state index contributed by atoms with van der Waals surface area (Å²) in [7, 11) is 0. The molecule has 5 heteroatoms. The Bertz CT molecular complexity index is 518. The monoisotopic (exact) mass is 307 g/mol. The molecule has 20 heavy (non-hydrogen) atoms. The number of hydrogen-bond acceptors (Lipinski definition) is 4. The number of allylic oxidation sites excluding steroid dienone is 4. The van der Waals surface area contributed by atoms with Crippen molar-refractivity contribution in [1.29, 1.82) is 0 Å². The van der Waals surface area contributed by atoms with E-state index in [1.54, 1.807) is 11.8 Å². The molecule has 1 aliphatic carbocycles. The number of nitrogens with zero attached hydrogens (tertiary/aromatic N) is 3. The maximum absolute atomic E-state index is 6.20. The predicted molar refractivity (Wildman–Crippen MR) is 85.2 cm³/mol. The van der Waals surface area contributed by atoms with Crippen molar-refractivity contribution in [2.45, 2.75) is 37.1 Å². The summed E-state index contributed by atoms with van der Waals surface area (Å²) in [5.74, 6) is 0.998. The number of thioether (sulfide) groups is 1. The molecule has 1 aromatic heterocycles. The summed E-state index contributed by atoms with van der Waals surface area (Å²) < 4.78 is 0. The van der Waals surface area contributed by atoms with Crippen LogP contribution in [-0.4, -0.2) is 23.1 Å². The summed E-state index contributed by atoms with van der Waals surface area (Å²) in [5.41, 5.74) is 0. The maximum Gasteiger partial charge on any atom is 0.147 e. The van der Waals surface area contributed by atoms with E-state index in [2.05, 4.69) is 20.9 Å². The van der Waals surface area contributed by atoms with Crippen LogP contribution in [0, 0.1) is 0 Å². The third-order valence-corrected chi connectivity index (χ3v) is 5.15. The van der Waals surface area contributed by atoms with E-state index >= 15 is 0 Å². The highest BCUT2D eigenvalue weighted by atomic mass is 35.5. The first-order valence-corrected chi connectivity index (χ1v) is 8.32. The van der Waals surface area contributed by atoms with Gasteiger partial charge < -0.3 is 4.90 Å². The molecule has 0 radical (unpaired) electrons. The fourth-order valence-corrected chi connectivity index (χ4v) is 3.64. The molecular formula is C15H18ClN3S. The van der Waals surface area contributed by atoms with Gasteiger partial charge in [-0.2, -0.15) is 0 Å². The second-order valence-electron chi connectivity index (χ2n) is 5.07. The second-order valence-corrected chi connectivity index (χ2v) is 6.60. The van der Waals surface area contributed by atoms with Crippen molar-refractivity contribution in [2.24, 2.45) is 0 Å². The van der Waals surface area contributed by atoms with Crippen molar-refractivity contribution in [2.75, 3.05) is 18.0 Å². The molecule has 0 bridgehead atoms. The molecule has 2 heterocycles. The number of rotatable bonds is 3. The number of halogens is 1. The van der Waals surface area contributed by atoms with E-state index in [1.165, 1.54) is 24.2 Å². The van der Waals surface area contributed by atoms with Gasteiger partial charge in [-0.25, -0.2) is 9.97 Å². The third kappa shape index (κ3) is 3.36. The van der Waals surface area contributed by atoms with Gasteiger partial charge in [0, 0.05) is 18.0 Å². The van der Waals surface area contributed by atoms with Crippen LogP contribution in [0.25, 0.3) is 0 Å². The smallest absolute Gasteiger partial charge is 0.147 e. The molecule has 1 aromatic rings. The average Bonchev–Trinajstić information content (AvgIpc) is 2.51. The molecule has 3 rings (SSSR count). The molecule has 0 spiro atoms. The zero-order chi connectivity index (χ0) is 13.8. The fourth-order valence-electron chi connectivity index (χ4n) is 2.49. The first kappa shape index (κ1) is 14.0. The van der Waals surface area contributed by atoms with Crippen LogP contribution in [0.1, 0.15) is 32.1 Å². The van der Waals surface area contributed by atoms with Gasteiger partial charge in [0.15, 0.2) is 0 Å². The lowest BCUT2D eigenvalue weighted by Crippen LogP contribution is -2.30. The van der Waals surface area contributed by atoms with Crippen LogP contribution < -0.4 is 4.90 Å². The van der Waals surface area contributed by atoms with E-state index in [-0.39, 0.29) is 0 Å². The van der Waals surface area contributed by atoms with E-state index in [9.17, 15) is 0 Å². The minimum Gasteiger partial charge on any atom is -0.355 e. The SMILES string of the molecule is ClC1=C(Sc2cnc(N3CCCCC3)cn2)CCC=C1. The zero-order valence-corrected chi connectivity index (χ0v) is 13.0. The summed E-state index contributed by atoms with van der Waals surface area (Å²) in [6, 6.07) is 0. The number of anilines is 1. The van der Waals surface area contributed by atoms with Gasteiger partial charge in [0.25, 0.3) is 0 Å². The van der Waals surface area contributed by atoms with Crippen molar-refractivity contribution in [3.05, 3.63) is 34.5 Å². The molecule has 0 N–H and O–H groups in total. The van der Waals surface area contributed by atoms with Crippen molar-refractivity contribution in [3.8, 4) is 0 Å². The lowest BCUT2D eigenvalue weighted by atomic mass is 10.1. The molecule has 0 aromatic carbocycles. The minimum absolute atomic E-state index is 0.836. The van der Waals surface area contributed by atoms with Crippen molar-refractivity contribution < 1.29 is 0 Å². The predicted octanol–water partition coefficient (Wildman–Crippen LogP) is 4.36. The molecule has 0 atom stereocenters. The summed E-state index contributed by atoms with van der Waals surface area (Å²) in [6.07, 6.45) is 13.7. The van der Waals surface area contributed by atoms with Crippen molar-refractivity contribution in [1.82, 2.24) is 9.97 Å². The van der Waals surface area contributed by atoms with E-state index in [0.29, 0.717) is 0 Å². The summed E-state index contributed by atoms with van der Waals surface area (Å²) in [6.45, 7) is 2.20. The molecule has 0 saturated carbocycles. The van der Waals surface area contributed by atoms with Crippen molar-refractivity contribution in [3.63, 3.8) is 0 Å². The van der Waals surface area contributed by atoms with E-state index in [4.69, 9.17) is 11.6 Å². The molecule has 1 fully saturated rings. The van der Waals surface area contributed by atoms with Crippen LogP contribution in [-0.2, 0) is 0 Å². The van der Waals surface area contributed by atoms with Gasteiger partial charge in [0.1, 0.15) is 10.8 Å². The number of hydrogen-bond donors (Lipinski definition) is 0. The highest BCUT2D eigenvalue weighted by Gasteiger charge is 2.13. The quantitative estimate of drug-likeness (QED) is 0.829. The molecule has 106 valence electrons. The Kier molecular flexibility index (Phi) is 4.63. The number of piperidine rings is 1. The molecule has 2 aliphatic rings. The summed E-state index contributed by atoms with van der Waals surface area (Å²) in [4.78, 5) is 12.6. The lowest BCUT2D eigenvalue weighted by molar-refractivity contribution is 0.572. The molecule has 3 nitrogen and oxygen atoms in total. The normalized spacial score (nSPS) is 19.6. The minimum atomic E-state index is 0.836. The van der Waals surface area contributed by atoms with Gasteiger partial charge in [-0.15, -0.1) is 0 Å². The third-order valence-electron chi connectivity index (χ3n) is 3.59. The average molecular weight is 308 g/mol. The van der Waals surface area contributed by atoms with Gasteiger partial charge >= 0.3 is 0 Å². The lowest BCUT2D eigenvalue weighted by Gasteiger charge is -2.27. The topological polar surface area (TPSA) is 29.0 Å².